The van der Waals surface area contributed by atoms with Crippen molar-refractivity contribution in [3.05, 3.63) is 47.3 Å². The van der Waals surface area contributed by atoms with Gasteiger partial charge in [0.25, 0.3) is 0 Å². The zero-order valence-electron chi connectivity index (χ0n) is 12.1. The molecule has 4 heteroatoms. The number of benzene rings is 1. The molecule has 1 aliphatic carbocycles. The molecular formula is C16H21N3S. The number of nitrogens with zero attached hydrogens (tertiary/aromatic N) is 2. The predicted octanol–water partition coefficient (Wildman–Crippen LogP) is 3.64. The van der Waals surface area contributed by atoms with E-state index in [2.05, 4.69) is 58.7 Å². The lowest BCUT2D eigenvalue weighted by Crippen LogP contribution is -2.17. The van der Waals surface area contributed by atoms with Crippen LogP contribution in [0.4, 0.5) is 0 Å². The zero-order chi connectivity index (χ0) is 13.9. The normalized spacial score (nSPS) is 14.9. The molecule has 1 aliphatic rings. The van der Waals surface area contributed by atoms with Crippen LogP contribution >= 0.6 is 11.8 Å². The Labute approximate surface area is 124 Å². The van der Waals surface area contributed by atoms with Crippen molar-refractivity contribution in [2.24, 2.45) is 0 Å². The van der Waals surface area contributed by atoms with Gasteiger partial charge < -0.3 is 0 Å². The third kappa shape index (κ3) is 3.44. The van der Waals surface area contributed by atoms with Crippen LogP contribution in [-0.4, -0.2) is 28.4 Å². The number of thioether (sulfide) groups is 1. The van der Waals surface area contributed by atoms with Crippen LogP contribution in [0.3, 0.4) is 0 Å². The number of rotatable bonds is 6. The summed E-state index contributed by atoms with van der Waals surface area (Å²) in [7, 11) is 2.15. The fourth-order valence-electron chi connectivity index (χ4n) is 2.44. The number of hydrogen-bond acceptors (Lipinski definition) is 3. The SMILES string of the molecule is CSc1ccc(CN(C)Cc2cc(C3CC3)n[nH]2)cc1. The molecule has 106 valence electrons. The van der Waals surface area contributed by atoms with E-state index in [9.17, 15) is 0 Å². The molecule has 0 atom stereocenters. The van der Waals surface area contributed by atoms with Gasteiger partial charge in [0.05, 0.1) is 5.69 Å². The summed E-state index contributed by atoms with van der Waals surface area (Å²) in [6.07, 6.45) is 4.72. The summed E-state index contributed by atoms with van der Waals surface area (Å²) in [4.78, 5) is 3.64. The minimum atomic E-state index is 0.726. The molecule has 3 nitrogen and oxygen atoms in total. The van der Waals surface area contributed by atoms with Crippen LogP contribution in [0.5, 0.6) is 0 Å². The number of nitrogens with one attached hydrogen (secondary N) is 1. The van der Waals surface area contributed by atoms with Gasteiger partial charge in [-0.15, -0.1) is 11.8 Å². The van der Waals surface area contributed by atoms with Gasteiger partial charge in [0.2, 0.25) is 0 Å². The van der Waals surface area contributed by atoms with E-state index in [4.69, 9.17) is 0 Å². The third-order valence-electron chi connectivity index (χ3n) is 3.70. The van der Waals surface area contributed by atoms with Gasteiger partial charge >= 0.3 is 0 Å². The van der Waals surface area contributed by atoms with Crippen molar-refractivity contribution in [2.45, 2.75) is 36.7 Å². The summed E-state index contributed by atoms with van der Waals surface area (Å²) in [5.74, 6) is 0.726. The smallest absolute Gasteiger partial charge is 0.0656 e. The molecule has 0 saturated heterocycles. The number of hydrogen-bond donors (Lipinski definition) is 1. The van der Waals surface area contributed by atoms with Crippen molar-refractivity contribution >= 4 is 11.8 Å². The van der Waals surface area contributed by atoms with Gasteiger partial charge in [-0.05, 0) is 49.9 Å². The Morgan fingerprint density at radius 1 is 1.25 bits per heavy atom. The van der Waals surface area contributed by atoms with Gasteiger partial charge in [-0.1, -0.05) is 12.1 Å². The molecule has 20 heavy (non-hydrogen) atoms. The van der Waals surface area contributed by atoms with E-state index >= 15 is 0 Å². The van der Waals surface area contributed by atoms with Crippen molar-refractivity contribution < 1.29 is 0 Å². The van der Waals surface area contributed by atoms with E-state index < -0.39 is 0 Å². The van der Waals surface area contributed by atoms with Gasteiger partial charge in [0, 0.05) is 29.6 Å². The van der Waals surface area contributed by atoms with Crippen LogP contribution in [0, 0.1) is 0 Å². The summed E-state index contributed by atoms with van der Waals surface area (Å²) in [6, 6.07) is 11.0. The second kappa shape index (κ2) is 6.02. The van der Waals surface area contributed by atoms with E-state index in [0.29, 0.717) is 0 Å². The topological polar surface area (TPSA) is 31.9 Å². The summed E-state index contributed by atoms with van der Waals surface area (Å²) >= 11 is 1.78. The first kappa shape index (κ1) is 13.7. The van der Waals surface area contributed by atoms with E-state index in [1.807, 2.05) is 0 Å². The molecule has 0 aliphatic heterocycles. The average molecular weight is 287 g/mol. The van der Waals surface area contributed by atoms with Crippen molar-refractivity contribution in [1.29, 1.82) is 0 Å². The molecule has 1 heterocycles. The van der Waals surface area contributed by atoms with Gasteiger partial charge in [-0.25, -0.2) is 0 Å². The first-order valence-electron chi connectivity index (χ1n) is 7.10. The van der Waals surface area contributed by atoms with Crippen LogP contribution in [0.1, 0.15) is 35.7 Å². The second-order valence-electron chi connectivity index (χ2n) is 5.61. The fraction of sp³-hybridized carbons (Fsp3) is 0.438. The molecule has 1 fully saturated rings. The van der Waals surface area contributed by atoms with E-state index in [0.717, 1.165) is 19.0 Å². The maximum atomic E-state index is 4.41. The second-order valence-corrected chi connectivity index (χ2v) is 6.49. The molecule has 1 saturated carbocycles. The quantitative estimate of drug-likeness (QED) is 0.823. The Morgan fingerprint density at radius 2 is 2.00 bits per heavy atom. The standard InChI is InChI=1S/C16H21N3S/c1-19(10-12-3-7-15(20-2)8-4-12)11-14-9-16(18-17-14)13-5-6-13/h3-4,7-9,13H,5-6,10-11H2,1-2H3,(H,17,18). The first-order chi connectivity index (χ1) is 9.74. The summed E-state index contributed by atoms with van der Waals surface area (Å²) in [6.45, 7) is 1.89. The van der Waals surface area contributed by atoms with E-state index in [1.165, 1.54) is 34.7 Å². The van der Waals surface area contributed by atoms with Crippen LogP contribution in [0.2, 0.25) is 0 Å². The summed E-state index contributed by atoms with van der Waals surface area (Å²) < 4.78 is 0. The highest BCUT2D eigenvalue weighted by Gasteiger charge is 2.26. The number of H-pyrrole nitrogens is 1. The fourth-order valence-corrected chi connectivity index (χ4v) is 2.85. The molecule has 1 aromatic heterocycles. The lowest BCUT2D eigenvalue weighted by molar-refractivity contribution is 0.315. The molecule has 2 aromatic rings. The summed E-state index contributed by atoms with van der Waals surface area (Å²) in [5, 5.41) is 7.57. The Balaban J connectivity index is 1.56. The Bertz CT molecular complexity index is 557. The van der Waals surface area contributed by atoms with Crippen LogP contribution in [0.15, 0.2) is 35.2 Å². The summed E-state index contributed by atoms with van der Waals surface area (Å²) in [5.41, 5.74) is 3.82. The molecule has 1 aromatic carbocycles. The average Bonchev–Trinajstić information content (AvgIpc) is 3.20. The van der Waals surface area contributed by atoms with Gasteiger partial charge in [0.1, 0.15) is 0 Å². The number of aromatic amines is 1. The molecule has 0 bridgehead atoms. The van der Waals surface area contributed by atoms with E-state index in [1.54, 1.807) is 11.8 Å². The molecule has 3 rings (SSSR count). The Hall–Kier alpha value is -1.26. The maximum Gasteiger partial charge on any atom is 0.0656 e. The molecule has 0 amide bonds. The molecule has 0 spiro atoms. The molecular weight excluding hydrogens is 266 g/mol. The highest BCUT2D eigenvalue weighted by atomic mass is 32.2. The van der Waals surface area contributed by atoms with Crippen molar-refractivity contribution in [3.63, 3.8) is 0 Å². The first-order valence-corrected chi connectivity index (χ1v) is 8.32. The Kier molecular flexibility index (Phi) is 4.13. The van der Waals surface area contributed by atoms with Crippen LogP contribution in [0.25, 0.3) is 0 Å². The van der Waals surface area contributed by atoms with Crippen molar-refractivity contribution in [3.8, 4) is 0 Å². The minimum absolute atomic E-state index is 0.726. The van der Waals surface area contributed by atoms with Gasteiger partial charge in [0.15, 0.2) is 0 Å². The zero-order valence-corrected chi connectivity index (χ0v) is 12.9. The molecule has 1 N–H and O–H groups in total. The van der Waals surface area contributed by atoms with Crippen molar-refractivity contribution in [2.75, 3.05) is 13.3 Å². The predicted molar refractivity (Wildman–Crippen MR) is 84.0 cm³/mol. The molecule has 0 unspecified atom stereocenters. The lowest BCUT2D eigenvalue weighted by atomic mass is 10.2. The lowest BCUT2D eigenvalue weighted by Gasteiger charge is -2.15. The number of aromatic nitrogens is 2. The van der Waals surface area contributed by atoms with Gasteiger partial charge in [-0.3, -0.25) is 10.00 Å². The highest BCUT2D eigenvalue weighted by Crippen LogP contribution is 2.39. The van der Waals surface area contributed by atoms with Gasteiger partial charge in [-0.2, -0.15) is 5.10 Å². The maximum absolute atomic E-state index is 4.41. The van der Waals surface area contributed by atoms with Crippen molar-refractivity contribution in [1.82, 2.24) is 15.1 Å². The highest BCUT2D eigenvalue weighted by molar-refractivity contribution is 7.98. The van der Waals surface area contributed by atoms with E-state index in [-0.39, 0.29) is 0 Å². The largest absolute Gasteiger partial charge is 0.296 e. The Morgan fingerprint density at radius 3 is 2.65 bits per heavy atom. The molecule has 0 radical (unpaired) electrons. The third-order valence-corrected chi connectivity index (χ3v) is 4.44. The van der Waals surface area contributed by atoms with Crippen LogP contribution < -0.4 is 0 Å². The monoisotopic (exact) mass is 287 g/mol. The van der Waals surface area contributed by atoms with Crippen LogP contribution in [-0.2, 0) is 13.1 Å². The minimum Gasteiger partial charge on any atom is -0.296 e.